The van der Waals surface area contributed by atoms with Crippen molar-refractivity contribution >= 4 is 21.6 Å². The summed E-state index contributed by atoms with van der Waals surface area (Å²) in [5.41, 5.74) is 3.07. The number of ether oxygens (including phenoxy) is 1. The molecule has 0 aliphatic carbocycles. The van der Waals surface area contributed by atoms with E-state index in [1.54, 1.807) is 14.2 Å². The van der Waals surface area contributed by atoms with Gasteiger partial charge in [0.2, 0.25) is 10.0 Å². The highest BCUT2D eigenvalue weighted by atomic mass is 35.5. The van der Waals surface area contributed by atoms with Gasteiger partial charge < -0.3 is 10.1 Å². The van der Waals surface area contributed by atoms with Crippen molar-refractivity contribution in [3.8, 4) is 5.75 Å². The zero-order valence-electron chi connectivity index (χ0n) is 16.0. The lowest BCUT2D eigenvalue weighted by Gasteiger charge is -2.19. The van der Waals surface area contributed by atoms with E-state index >= 15 is 0 Å². The Hall–Kier alpha value is -1.60. The molecule has 0 aliphatic rings. The normalized spacial score (nSPS) is 11.7. The fourth-order valence-electron chi connectivity index (χ4n) is 2.73. The van der Waals surface area contributed by atoms with Crippen molar-refractivity contribution < 1.29 is 13.2 Å². The Morgan fingerprint density at radius 1 is 1.19 bits per heavy atom. The third kappa shape index (κ3) is 6.81. The average Bonchev–Trinajstić information content (AvgIpc) is 2.63. The zero-order chi connectivity index (χ0) is 19.9. The van der Waals surface area contributed by atoms with Gasteiger partial charge in [-0.25, -0.2) is 12.7 Å². The molecule has 0 saturated carbocycles. The zero-order valence-corrected chi connectivity index (χ0v) is 17.6. The van der Waals surface area contributed by atoms with Crippen LogP contribution in [0.15, 0.2) is 42.5 Å². The largest absolute Gasteiger partial charge is 0.497 e. The van der Waals surface area contributed by atoms with Crippen molar-refractivity contribution in [2.45, 2.75) is 26.4 Å². The molecule has 0 saturated heterocycles. The summed E-state index contributed by atoms with van der Waals surface area (Å²) in [5, 5.41) is 3.96. The molecule has 0 atom stereocenters. The van der Waals surface area contributed by atoms with E-state index in [0.717, 1.165) is 22.4 Å². The maximum Gasteiger partial charge on any atom is 0.214 e. The first-order valence-corrected chi connectivity index (χ1v) is 10.8. The fourth-order valence-corrected chi connectivity index (χ4v) is 4.10. The summed E-state index contributed by atoms with van der Waals surface area (Å²) >= 11 is 5.95. The van der Waals surface area contributed by atoms with Gasteiger partial charge in [-0.3, -0.25) is 0 Å². The molecule has 148 valence electrons. The lowest BCUT2D eigenvalue weighted by atomic mass is 10.1. The van der Waals surface area contributed by atoms with Crippen LogP contribution in [0.4, 0.5) is 0 Å². The van der Waals surface area contributed by atoms with Crippen LogP contribution in [-0.4, -0.2) is 39.2 Å². The standard InChI is InChI=1S/C20H27ClN2O3S/c1-16-12-20(26-3)9-8-18(16)15-23(2)27(24,25)11-5-10-22-14-17-6-4-7-19(21)13-17/h4,6-9,12-13,22H,5,10-11,14-15H2,1-3H3. The SMILES string of the molecule is COc1ccc(CN(C)S(=O)(=O)CCCNCc2cccc(Cl)c2)c(C)c1. The summed E-state index contributed by atoms with van der Waals surface area (Å²) < 4.78 is 31.6. The first-order valence-electron chi connectivity index (χ1n) is 8.84. The Morgan fingerprint density at radius 3 is 2.63 bits per heavy atom. The molecule has 27 heavy (non-hydrogen) atoms. The van der Waals surface area contributed by atoms with Crippen molar-refractivity contribution in [3.63, 3.8) is 0 Å². The highest BCUT2D eigenvalue weighted by molar-refractivity contribution is 7.89. The molecule has 7 heteroatoms. The van der Waals surface area contributed by atoms with Crippen LogP contribution >= 0.6 is 11.6 Å². The molecular weight excluding hydrogens is 384 g/mol. The minimum Gasteiger partial charge on any atom is -0.497 e. The first-order chi connectivity index (χ1) is 12.8. The van der Waals surface area contributed by atoms with Crippen LogP contribution in [0.2, 0.25) is 5.02 Å². The Labute approximate surface area is 167 Å². The molecule has 5 nitrogen and oxygen atoms in total. The summed E-state index contributed by atoms with van der Waals surface area (Å²) in [7, 11) is -0.0618. The smallest absolute Gasteiger partial charge is 0.214 e. The maximum atomic E-state index is 12.5. The molecule has 0 spiro atoms. The number of hydrogen-bond donors (Lipinski definition) is 1. The van der Waals surface area contributed by atoms with Crippen molar-refractivity contribution in [2.75, 3.05) is 26.5 Å². The van der Waals surface area contributed by atoms with Gasteiger partial charge in [-0.15, -0.1) is 0 Å². The minimum atomic E-state index is -3.30. The third-order valence-corrected chi connectivity index (χ3v) is 6.51. The van der Waals surface area contributed by atoms with Gasteiger partial charge >= 0.3 is 0 Å². The van der Waals surface area contributed by atoms with Gasteiger partial charge in [0.25, 0.3) is 0 Å². The second-order valence-electron chi connectivity index (χ2n) is 6.52. The number of benzene rings is 2. The second-order valence-corrected chi connectivity index (χ2v) is 9.16. The Kier molecular flexibility index (Phi) is 8.10. The number of methoxy groups -OCH3 is 1. The molecule has 2 rings (SSSR count). The first kappa shape index (κ1) is 21.7. The number of rotatable bonds is 10. The molecule has 2 aromatic rings. The predicted molar refractivity (Wildman–Crippen MR) is 111 cm³/mol. The van der Waals surface area contributed by atoms with Gasteiger partial charge in [-0.2, -0.15) is 0 Å². The molecule has 0 aliphatic heterocycles. The van der Waals surface area contributed by atoms with Crippen LogP contribution in [0.25, 0.3) is 0 Å². The summed E-state index contributed by atoms with van der Waals surface area (Å²) in [6.45, 7) is 3.61. The molecule has 0 bridgehead atoms. The highest BCUT2D eigenvalue weighted by Gasteiger charge is 2.18. The van der Waals surface area contributed by atoms with E-state index in [1.807, 2.05) is 49.4 Å². The van der Waals surface area contributed by atoms with Crippen molar-refractivity contribution in [1.29, 1.82) is 0 Å². The number of nitrogens with one attached hydrogen (secondary N) is 1. The van der Waals surface area contributed by atoms with Crippen LogP contribution < -0.4 is 10.1 Å². The van der Waals surface area contributed by atoms with Gasteiger partial charge in [0.1, 0.15) is 5.75 Å². The Morgan fingerprint density at radius 2 is 1.96 bits per heavy atom. The summed E-state index contributed by atoms with van der Waals surface area (Å²) in [6.07, 6.45) is 0.550. The van der Waals surface area contributed by atoms with Gasteiger partial charge in [0.05, 0.1) is 12.9 Å². The van der Waals surface area contributed by atoms with E-state index in [-0.39, 0.29) is 5.75 Å². The van der Waals surface area contributed by atoms with E-state index in [9.17, 15) is 8.42 Å². The predicted octanol–water partition coefficient (Wildman–Crippen LogP) is 3.60. The minimum absolute atomic E-state index is 0.112. The molecule has 0 unspecified atom stereocenters. The highest BCUT2D eigenvalue weighted by Crippen LogP contribution is 2.19. The lowest BCUT2D eigenvalue weighted by molar-refractivity contribution is 0.413. The van der Waals surface area contributed by atoms with Crippen molar-refractivity contribution in [1.82, 2.24) is 9.62 Å². The van der Waals surface area contributed by atoms with Crippen LogP contribution in [-0.2, 0) is 23.1 Å². The molecular formula is C20H27ClN2O3S. The molecule has 2 aromatic carbocycles. The van der Waals surface area contributed by atoms with E-state index < -0.39 is 10.0 Å². The molecule has 0 fully saturated rings. The summed E-state index contributed by atoms with van der Waals surface area (Å²) in [4.78, 5) is 0. The Bertz CT molecular complexity index is 856. The van der Waals surface area contributed by atoms with Crippen LogP contribution in [0.3, 0.4) is 0 Å². The van der Waals surface area contributed by atoms with Crippen LogP contribution in [0, 0.1) is 6.92 Å². The van der Waals surface area contributed by atoms with Crippen LogP contribution in [0.5, 0.6) is 5.75 Å². The Balaban J connectivity index is 1.79. The summed E-state index contributed by atoms with van der Waals surface area (Å²) in [5.74, 6) is 0.883. The monoisotopic (exact) mass is 410 g/mol. The van der Waals surface area contributed by atoms with E-state index in [0.29, 0.717) is 31.1 Å². The fraction of sp³-hybridized carbons (Fsp3) is 0.400. The quantitative estimate of drug-likeness (QED) is 0.608. The van der Waals surface area contributed by atoms with E-state index in [2.05, 4.69) is 5.32 Å². The number of nitrogens with zero attached hydrogens (tertiary/aromatic N) is 1. The van der Waals surface area contributed by atoms with Crippen molar-refractivity contribution in [3.05, 3.63) is 64.2 Å². The number of sulfonamides is 1. The topological polar surface area (TPSA) is 58.6 Å². The number of hydrogen-bond acceptors (Lipinski definition) is 4. The van der Waals surface area contributed by atoms with Gasteiger partial charge in [0, 0.05) is 25.2 Å². The maximum absolute atomic E-state index is 12.5. The number of aryl methyl sites for hydroxylation is 1. The van der Waals surface area contributed by atoms with Crippen molar-refractivity contribution in [2.24, 2.45) is 0 Å². The van der Waals surface area contributed by atoms with Gasteiger partial charge in [-0.1, -0.05) is 29.8 Å². The second kappa shape index (κ2) is 10.1. The lowest BCUT2D eigenvalue weighted by Crippen LogP contribution is -2.30. The molecule has 1 N–H and O–H groups in total. The molecule has 0 amide bonds. The van der Waals surface area contributed by atoms with Gasteiger partial charge in [0.15, 0.2) is 0 Å². The number of halogens is 1. The average molecular weight is 411 g/mol. The third-order valence-electron chi connectivity index (χ3n) is 4.39. The van der Waals surface area contributed by atoms with Gasteiger partial charge in [-0.05, 0) is 60.8 Å². The summed E-state index contributed by atoms with van der Waals surface area (Å²) in [6, 6.07) is 13.3. The van der Waals surface area contributed by atoms with E-state index in [1.165, 1.54) is 4.31 Å². The molecule has 0 heterocycles. The van der Waals surface area contributed by atoms with E-state index in [4.69, 9.17) is 16.3 Å². The molecule has 0 radical (unpaired) electrons. The molecule has 0 aromatic heterocycles. The van der Waals surface area contributed by atoms with Crippen LogP contribution in [0.1, 0.15) is 23.1 Å².